The lowest BCUT2D eigenvalue weighted by atomic mass is 10.5. The third-order valence-electron chi connectivity index (χ3n) is 1.79. The zero-order valence-electron chi connectivity index (χ0n) is 8.85. The molecule has 14 heavy (non-hydrogen) atoms. The summed E-state index contributed by atoms with van der Waals surface area (Å²) in [5.41, 5.74) is 0.973. The van der Waals surface area contributed by atoms with E-state index in [1.54, 1.807) is 25.0 Å². The molecule has 76 valence electrons. The monoisotopic (exact) mass is 194 g/mol. The van der Waals surface area contributed by atoms with E-state index >= 15 is 0 Å². The van der Waals surface area contributed by atoms with Crippen molar-refractivity contribution < 1.29 is 0 Å². The van der Waals surface area contributed by atoms with Crippen LogP contribution in [0.2, 0.25) is 0 Å². The zero-order chi connectivity index (χ0) is 10.7. The summed E-state index contributed by atoms with van der Waals surface area (Å²) in [4.78, 5) is 19.4. The van der Waals surface area contributed by atoms with Crippen LogP contribution in [0.25, 0.3) is 11.2 Å². The van der Waals surface area contributed by atoms with E-state index in [0.29, 0.717) is 11.2 Å². The maximum absolute atomic E-state index is 11.5. The highest BCUT2D eigenvalue weighted by atomic mass is 16.1. The van der Waals surface area contributed by atoms with E-state index < -0.39 is 0 Å². The highest BCUT2D eigenvalue weighted by molar-refractivity contribution is 5.68. The molecule has 0 atom stereocenters. The minimum Gasteiger partial charge on any atom is -0.328 e. The van der Waals surface area contributed by atoms with Crippen LogP contribution < -0.4 is 5.56 Å². The second-order valence-electron chi connectivity index (χ2n) is 2.69. The molecule has 0 saturated heterocycles. The molecule has 2 rings (SSSR count). The second-order valence-corrected chi connectivity index (χ2v) is 2.69. The van der Waals surface area contributed by atoms with Gasteiger partial charge in [0.2, 0.25) is 0 Å². The Bertz CT molecular complexity index is 483. The number of rotatable bonds is 0. The summed E-state index contributed by atoms with van der Waals surface area (Å²) in [5, 5.41) is 0. The first kappa shape index (κ1) is 10.4. The predicted molar refractivity (Wildman–Crippen MR) is 55.1 cm³/mol. The molecule has 0 bridgehead atoms. The lowest BCUT2D eigenvalue weighted by Crippen LogP contribution is -2.18. The highest BCUT2D eigenvalue weighted by Gasteiger charge is 2.05. The van der Waals surface area contributed by atoms with Crippen molar-refractivity contribution in [3.63, 3.8) is 0 Å². The molecule has 0 unspecified atom stereocenters. The highest BCUT2D eigenvalue weighted by Crippen LogP contribution is 2.00. The molecule has 0 N–H and O–H groups in total. The Morgan fingerprint density at radius 2 is 1.57 bits per heavy atom. The van der Waals surface area contributed by atoms with Gasteiger partial charge in [-0.05, 0) is 0 Å². The van der Waals surface area contributed by atoms with Crippen LogP contribution >= 0.6 is 0 Å². The second kappa shape index (κ2) is 4.04. The molecule has 0 fully saturated rings. The average Bonchev–Trinajstić information content (AvgIpc) is 2.58. The van der Waals surface area contributed by atoms with Crippen LogP contribution in [0.4, 0.5) is 0 Å². The van der Waals surface area contributed by atoms with E-state index in [1.807, 2.05) is 13.8 Å². The van der Waals surface area contributed by atoms with Crippen LogP contribution in [0.1, 0.15) is 13.8 Å². The first-order chi connectivity index (χ1) is 6.70. The van der Waals surface area contributed by atoms with Gasteiger partial charge in [0.25, 0.3) is 5.56 Å². The number of hydrogen-bond donors (Lipinski definition) is 0. The van der Waals surface area contributed by atoms with E-state index in [2.05, 4.69) is 9.97 Å². The molecule has 0 aliphatic carbocycles. The number of aryl methyl sites for hydroxylation is 2. The van der Waals surface area contributed by atoms with Crippen molar-refractivity contribution in [2.24, 2.45) is 14.1 Å². The Morgan fingerprint density at radius 3 is 2.14 bits per heavy atom. The van der Waals surface area contributed by atoms with Gasteiger partial charge < -0.3 is 9.13 Å². The quantitative estimate of drug-likeness (QED) is 0.620. The Morgan fingerprint density at radius 1 is 1.07 bits per heavy atom. The maximum atomic E-state index is 11.5. The van der Waals surface area contributed by atoms with Gasteiger partial charge in [-0.3, -0.25) is 4.79 Å². The molecule has 0 aliphatic heterocycles. The molecular formula is C9H14N4O. The van der Waals surface area contributed by atoms with Gasteiger partial charge in [-0.2, -0.15) is 0 Å². The topological polar surface area (TPSA) is 52.7 Å². The van der Waals surface area contributed by atoms with Crippen molar-refractivity contribution >= 4 is 11.2 Å². The summed E-state index contributed by atoms with van der Waals surface area (Å²) in [6, 6.07) is 0. The summed E-state index contributed by atoms with van der Waals surface area (Å²) in [5.74, 6) is 0. The molecule has 5 heteroatoms. The summed E-state index contributed by atoms with van der Waals surface area (Å²) in [6.07, 6.45) is 3.05. The lowest BCUT2D eigenvalue weighted by Gasteiger charge is -1.95. The molecule has 5 nitrogen and oxygen atoms in total. The van der Waals surface area contributed by atoms with Gasteiger partial charge in [0.15, 0.2) is 11.2 Å². The van der Waals surface area contributed by atoms with Crippen LogP contribution in [0.15, 0.2) is 17.4 Å². The van der Waals surface area contributed by atoms with E-state index in [1.165, 1.54) is 10.9 Å². The lowest BCUT2D eigenvalue weighted by molar-refractivity contribution is 0.827. The number of nitrogens with zero attached hydrogens (tertiary/aromatic N) is 4. The van der Waals surface area contributed by atoms with Crippen molar-refractivity contribution in [1.82, 2.24) is 19.1 Å². The van der Waals surface area contributed by atoms with Gasteiger partial charge in [-0.25, -0.2) is 9.97 Å². The standard InChI is InChI=1S/C7H8N4O.C2H6/c1-10-3-8-6-5(10)7(12)11(2)4-9-6;1-2/h3-4H,1-2H3;1-2H3. The van der Waals surface area contributed by atoms with E-state index in [0.717, 1.165) is 0 Å². The van der Waals surface area contributed by atoms with Crippen molar-refractivity contribution in [3.05, 3.63) is 23.0 Å². The Hall–Kier alpha value is -1.65. The van der Waals surface area contributed by atoms with Crippen molar-refractivity contribution in [3.8, 4) is 0 Å². The van der Waals surface area contributed by atoms with Gasteiger partial charge in [-0.15, -0.1) is 0 Å². The predicted octanol–water partition coefficient (Wildman–Crippen LogP) is 0.693. The average molecular weight is 194 g/mol. The first-order valence-corrected chi connectivity index (χ1v) is 4.53. The number of imidazole rings is 1. The van der Waals surface area contributed by atoms with Crippen molar-refractivity contribution in [1.29, 1.82) is 0 Å². The third kappa shape index (κ3) is 1.53. The van der Waals surface area contributed by atoms with Crippen LogP contribution in [0.5, 0.6) is 0 Å². The Balaban J connectivity index is 0.000000461. The van der Waals surface area contributed by atoms with Crippen molar-refractivity contribution in [2.75, 3.05) is 0 Å². The molecule has 0 aliphatic rings. The van der Waals surface area contributed by atoms with Gasteiger partial charge in [0.05, 0.1) is 12.7 Å². The van der Waals surface area contributed by atoms with E-state index in [9.17, 15) is 4.79 Å². The molecule has 0 aromatic carbocycles. The smallest absolute Gasteiger partial charge is 0.279 e. The van der Waals surface area contributed by atoms with Gasteiger partial charge in [0, 0.05) is 14.1 Å². The minimum absolute atomic E-state index is 0.0694. The summed E-state index contributed by atoms with van der Waals surface area (Å²) in [7, 11) is 3.44. The van der Waals surface area contributed by atoms with Gasteiger partial charge in [0.1, 0.15) is 0 Å². The van der Waals surface area contributed by atoms with Gasteiger partial charge >= 0.3 is 0 Å². The SMILES string of the molecule is CC.Cn1cnc2ncn(C)c2c1=O. The Kier molecular flexibility index (Phi) is 3.01. The fourth-order valence-electron chi connectivity index (χ4n) is 1.12. The summed E-state index contributed by atoms with van der Waals surface area (Å²) < 4.78 is 3.11. The number of fused-ring (bicyclic) bond motifs is 1. The van der Waals surface area contributed by atoms with Crippen LogP contribution in [-0.2, 0) is 14.1 Å². The van der Waals surface area contributed by atoms with E-state index in [-0.39, 0.29) is 5.56 Å². The largest absolute Gasteiger partial charge is 0.328 e. The van der Waals surface area contributed by atoms with Gasteiger partial charge in [-0.1, -0.05) is 13.8 Å². The third-order valence-corrected chi connectivity index (χ3v) is 1.79. The van der Waals surface area contributed by atoms with Crippen molar-refractivity contribution in [2.45, 2.75) is 13.8 Å². The zero-order valence-corrected chi connectivity index (χ0v) is 8.85. The molecule has 0 saturated carbocycles. The van der Waals surface area contributed by atoms with Crippen LogP contribution in [0.3, 0.4) is 0 Å². The molecule has 2 aromatic heterocycles. The number of hydrogen-bond acceptors (Lipinski definition) is 3. The summed E-state index contributed by atoms with van der Waals surface area (Å²) >= 11 is 0. The molecule has 2 aromatic rings. The molecule has 0 amide bonds. The minimum atomic E-state index is -0.0694. The Labute approximate surface area is 82.0 Å². The molecule has 2 heterocycles. The summed E-state index contributed by atoms with van der Waals surface area (Å²) in [6.45, 7) is 4.00. The normalized spacial score (nSPS) is 9.71. The fraction of sp³-hybridized carbons (Fsp3) is 0.444. The van der Waals surface area contributed by atoms with Crippen LogP contribution in [0, 0.1) is 0 Å². The fourth-order valence-corrected chi connectivity index (χ4v) is 1.12. The number of aromatic nitrogens is 4. The molecule has 0 radical (unpaired) electrons. The first-order valence-electron chi connectivity index (χ1n) is 4.53. The molecule has 0 spiro atoms. The van der Waals surface area contributed by atoms with Crippen LogP contribution in [-0.4, -0.2) is 19.1 Å². The molecular weight excluding hydrogens is 180 g/mol. The van der Waals surface area contributed by atoms with E-state index in [4.69, 9.17) is 0 Å². The maximum Gasteiger partial charge on any atom is 0.279 e.